The highest BCUT2D eigenvalue weighted by Crippen LogP contribution is 2.41. The van der Waals surface area contributed by atoms with Crippen LogP contribution in [-0.2, 0) is 28.6 Å². The maximum Gasteiger partial charge on any atom is 0.338 e. The number of benzene rings is 2. The summed E-state index contributed by atoms with van der Waals surface area (Å²) in [5.74, 6) is -3.12. The monoisotopic (exact) mass is 512 g/mol. The Hall–Kier alpha value is -4.51. The van der Waals surface area contributed by atoms with Crippen molar-refractivity contribution in [3.05, 3.63) is 59.7 Å². The predicted octanol–water partition coefficient (Wildman–Crippen LogP) is 1.81. The molecule has 0 spiro atoms. The summed E-state index contributed by atoms with van der Waals surface area (Å²) in [6.07, 6.45) is 1.06. The van der Waals surface area contributed by atoms with Crippen LogP contribution < -0.4 is 4.74 Å². The molecule has 2 aliphatic rings. The lowest BCUT2D eigenvalue weighted by molar-refractivity contribution is -0.178. The molecule has 11 heteroatoms. The second kappa shape index (κ2) is 10.2. The molecule has 11 nitrogen and oxygen atoms in total. The van der Waals surface area contributed by atoms with Crippen molar-refractivity contribution in [2.45, 2.75) is 36.8 Å². The van der Waals surface area contributed by atoms with Gasteiger partial charge in [-0.05, 0) is 47.5 Å². The number of phenolic OH excluding ortho intramolecular Hbond substituents is 3. The minimum Gasteiger partial charge on any atom is -0.504 e. The number of hydrogen-bond acceptors (Lipinski definition) is 11. The number of aliphatic hydroxyl groups is 1. The van der Waals surface area contributed by atoms with Crippen LogP contribution in [0.5, 0.6) is 23.0 Å². The zero-order valence-corrected chi connectivity index (χ0v) is 19.6. The molecule has 37 heavy (non-hydrogen) atoms. The predicted molar refractivity (Wildman–Crippen MR) is 126 cm³/mol. The first-order valence-electron chi connectivity index (χ1n) is 11.2. The van der Waals surface area contributed by atoms with Crippen LogP contribution in [0.25, 0.3) is 12.2 Å². The SMILES string of the molecule is COc1cc(C=CC(=O)OC2C(OC(=O)C=Cc3ccc(O)c(O)c3)CC3(O)CC2OC3=O)ccc1O. The van der Waals surface area contributed by atoms with Crippen LogP contribution in [0.3, 0.4) is 0 Å². The van der Waals surface area contributed by atoms with Gasteiger partial charge >= 0.3 is 17.9 Å². The Balaban J connectivity index is 1.46. The average Bonchev–Trinajstić information content (AvgIpc) is 3.11. The quantitative estimate of drug-likeness (QED) is 0.185. The minimum atomic E-state index is -1.87. The van der Waals surface area contributed by atoms with Gasteiger partial charge in [-0.2, -0.15) is 0 Å². The number of carbonyl (C=O) groups excluding carboxylic acids is 3. The van der Waals surface area contributed by atoms with Crippen LogP contribution in [0.4, 0.5) is 0 Å². The molecule has 4 N–H and O–H groups in total. The van der Waals surface area contributed by atoms with Crippen molar-refractivity contribution in [2.24, 2.45) is 0 Å². The molecule has 2 fully saturated rings. The van der Waals surface area contributed by atoms with E-state index in [2.05, 4.69) is 0 Å². The largest absolute Gasteiger partial charge is 0.504 e. The Bertz CT molecular complexity index is 1280. The molecule has 0 amide bonds. The van der Waals surface area contributed by atoms with E-state index in [-0.39, 0.29) is 35.8 Å². The highest BCUT2D eigenvalue weighted by molar-refractivity contribution is 5.89. The molecule has 1 saturated carbocycles. The molecule has 1 aliphatic carbocycles. The summed E-state index contributed by atoms with van der Waals surface area (Å²) in [6.45, 7) is 0. The van der Waals surface area contributed by atoms with Crippen LogP contribution in [0, 0.1) is 0 Å². The summed E-state index contributed by atoms with van der Waals surface area (Å²) < 4.78 is 21.1. The molecule has 2 bridgehead atoms. The maximum absolute atomic E-state index is 12.6. The van der Waals surface area contributed by atoms with Gasteiger partial charge in [-0.25, -0.2) is 14.4 Å². The number of aromatic hydroxyl groups is 3. The Morgan fingerprint density at radius 2 is 1.54 bits per heavy atom. The van der Waals surface area contributed by atoms with Crippen molar-refractivity contribution < 1.29 is 53.8 Å². The third-order valence-electron chi connectivity index (χ3n) is 6.00. The van der Waals surface area contributed by atoms with E-state index in [1.54, 1.807) is 6.07 Å². The number of methoxy groups -OCH3 is 1. The number of carbonyl (C=O) groups is 3. The molecule has 2 aromatic rings. The zero-order valence-electron chi connectivity index (χ0n) is 19.6. The van der Waals surface area contributed by atoms with Gasteiger partial charge < -0.3 is 39.4 Å². The van der Waals surface area contributed by atoms with Gasteiger partial charge in [0, 0.05) is 25.0 Å². The lowest BCUT2D eigenvalue weighted by Crippen LogP contribution is -2.51. The van der Waals surface area contributed by atoms with Gasteiger partial charge in [0.25, 0.3) is 0 Å². The van der Waals surface area contributed by atoms with E-state index in [1.807, 2.05) is 0 Å². The summed E-state index contributed by atoms with van der Waals surface area (Å²) in [5.41, 5.74) is -0.943. The van der Waals surface area contributed by atoms with Crippen LogP contribution in [0.1, 0.15) is 24.0 Å². The number of rotatable bonds is 7. The van der Waals surface area contributed by atoms with Crippen LogP contribution in [0.2, 0.25) is 0 Å². The Kier molecular flexibility index (Phi) is 7.07. The minimum absolute atomic E-state index is 0.0686. The van der Waals surface area contributed by atoms with Gasteiger partial charge in [0.15, 0.2) is 34.7 Å². The average molecular weight is 512 g/mol. The molecule has 2 aromatic carbocycles. The summed E-state index contributed by atoms with van der Waals surface area (Å²) in [5, 5.41) is 39.2. The Morgan fingerprint density at radius 3 is 2.19 bits per heavy atom. The zero-order chi connectivity index (χ0) is 26.7. The van der Waals surface area contributed by atoms with Gasteiger partial charge in [-0.3, -0.25) is 0 Å². The Labute approximate surface area is 210 Å². The number of ether oxygens (including phenoxy) is 4. The van der Waals surface area contributed by atoms with Gasteiger partial charge in [-0.15, -0.1) is 0 Å². The molecule has 1 heterocycles. The molecular formula is C26H24O11. The summed E-state index contributed by atoms with van der Waals surface area (Å²) in [4.78, 5) is 37.2. The summed E-state index contributed by atoms with van der Waals surface area (Å²) in [6, 6.07) is 8.38. The van der Waals surface area contributed by atoms with Gasteiger partial charge in [0.05, 0.1) is 7.11 Å². The molecule has 0 radical (unpaired) electrons. The van der Waals surface area contributed by atoms with Gasteiger partial charge in [-0.1, -0.05) is 12.1 Å². The third kappa shape index (κ3) is 5.67. The van der Waals surface area contributed by atoms with Crippen LogP contribution >= 0.6 is 0 Å². The molecule has 4 unspecified atom stereocenters. The lowest BCUT2D eigenvalue weighted by Gasteiger charge is -2.35. The lowest BCUT2D eigenvalue weighted by atomic mass is 9.82. The molecule has 4 atom stereocenters. The van der Waals surface area contributed by atoms with Crippen molar-refractivity contribution in [2.75, 3.05) is 7.11 Å². The standard InChI is InChI=1S/C26H24O11/c1-34-19-11-15(3-7-17(19)28)5-9-23(31)37-24-20(12-26(33)13-21(24)36-25(26)32)35-22(30)8-4-14-2-6-16(27)18(29)10-14/h2-11,20-21,24,27-29,33H,12-13H2,1H3. The first-order chi connectivity index (χ1) is 17.6. The van der Waals surface area contributed by atoms with Crippen molar-refractivity contribution in [1.29, 1.82) is 0 Å². The number of fused-ring (bicyclic) bond motifs is 2. The molecule has 1 aliphatic heterocycles. The molecule has 194 valence electrons. The van der Waals surface area contributed by atoms with Crippen molar-refractivity contribution in [3.63, 3.8) is 0 Å². The topological polar surface area (TPSA) is 169 Å². The normalized spacial score (nSPS) is 24.7. The van der Waals surface area contributed by atoms with Gasteiger partial charge in [0.2, 0.25) is 0 Å². The first kappa shape index (κ1) is 25.6. The summed E-state index contributed by atoms with van der Waals surface area (Å²) >= 11 is 0. The van der Waals surface area contributed by atoms with E-state index >= 15 is 0 Å². The van der Waals surface area contributed by atoms with E-state index in [0.717, 1.165) is 12.2 Å². The third-order valence-corrected chi connectivity index (χ3v) is 6.00. The molecule has 1 saturated heterocycles. The van der Waals surface area contributed by atoms with Crippen molar-refractivity contribution >= 4 is 30.1 Å². The Morgan fingerprint density at radius 1 is 0.919 bits per heavy atom. The maximum atomic E-state index is 12.6. The number of hydrogen-bond donors (Lipinski definition) is 4. The summed E-state index contributed by atoms with van der Waals surface area (Å²) in [7, 11) is 1.38. The van der Waals surface area contributed by atoms with E-state index in [1.165, 1.54) is 49.6 Å². The van der Waals surface area contributed by atoms with Crippen molar-refractivity contribution in [1.82, 2.24) is 0 Å². The van der Waals surface area contributed by atoms with Crippen LogP contribution in [-0.4, -0.2) is 69.4 Å². The first-order valence-corrected chi connectivity index (χ1v) is 11.2. The highest BCUT2D eigenvalue weighted by atomic mass is 16.6. The van der Waals surface area contributed by atoms with Crippen LogP contribution in [0.15, 0.2) is 48.6 Å². The fraction of sp³-hybridized carbons (Fsp3) is 0.269. The highest BCUT2D eigenvalue weighted by Gasteiger charge is 2.60. The number of phenols is 3. The fourth-order valence-corrected chi connectivity index (χ4v) is 4.14. The second-order valence-electron chi connectivity index (χ2n) is 8.61. The van der Waals surface area contributed by atoms with E-state index in [0.29, 0.717) is 11.1 Å². The molecule has 4 rings (SSSR count). The molecule has 0 aromatic heterocycles. The fourth-order valence-electron chi connectivity index (χ4n) is 4.14. The molecular weight excluding hydrogens is 488 g/mol. The van der Waals surface area contributed by atoms with E-state index in [9.17, 15) is 34.8 Å². The smallest absolute Gasteiger partial charge is 0.338 e. The second-order valence-corrected chi connectivity index (χ2v) is 8.61. The van der Waals surface area contributed by atoms with Gasteiger partial charge in [0.1, 0.15) is 12.2 Å². The number of esters is 3. The van der Waals surface area contributed by atoms with E-state index < -0.39 is 41.8 Å². The van der Waals surface area contributed by atoms with Crippen molar-refractivity contribution in [3.8, 4) is 23.0 Å². The van der Waals surface area contributed by atoms with E-state index in [4.69, 9.17) is 18.9 Å².